The second-order valence-electron chi connectivity index (χ2n) is 8.18. The van der Waals surface area contributed by atoms with Gasteiger partial charge in [-0.15, -0.1) is 11.3 Å². The van der Waals surface area contributed by atoms with Crippen molar-refractivity contribution in [2.45, 2.75) is 19.3 Å². The molecule has 0 amide bonds. The van der Waals surface area contributed by atoms with Crippen molar-refractivity contribution in [3.63, 3.8) is 0 Å². The third-order valence-electron chi connectivity index (χ3n) is 6.30. The fourth-order valence-electron chi connectivity index (χ4n) is 4.98. The average Bonchev–Trinajstić information content (AvgIpc) is 3.22. The monoisotopic (exact) mass is 376 g/mol. The van der Waals surface area contributed by atoms with E-state index >= 15 is 0 Å². The SMILES string of the molecule is CC1(C)c2ccccc2-c2c(-c3cccc4sc5ccccc5c34)cccc21. The molecule has 0 atom stereocenters. The van der Waals surface area contributed by atoms with Crippen LogP contribution in [0.3, 0.4) is 0 Å². The molecule has 1 aromatic heterocycles. The zero-order valence-electron chi connectivity index (χ0n) is 16.0. The van der Waals surface area contributed by atoms with Gasteiger partial charge in [0.15, 0.2) is 0 Å². The van der Waals surface area contributed by atoms with Gasteiger partial charge in [0.05, 0.1) is 0 Å². The molecule has 0 spiro atoms. The van der Waals surface area contributed by atoms with E-state index in [0.29, 0.717) is 0 Å². The minimum absolute atomic E-state index is 0.0343. The normalized spacial score (nSPS) is 14.4. The summed E-state index contributed by atoms with van der Waals surface area (Å²) < 4.78 is 2.72. The van der Waals surface area contributed by atoms with E-state index in [4.69, 9.17) is 0 Å². The summed E-state index contributed by atoms with van der Waals surface area (Å²) in [4.78, 5) is 0. The Bertz CT molecular complexity index is 1380. The molecule has 0 fully saturated rings. The maximum atomic E-state index is 2.35. The van der Waals surface area contributed by atoms with Gasteiger partial charge < -0.3 is 0 Å². The molecule has 134 valence electrons. The van der Waals surface area contributed by atoms with E-state index in [2.05, 4.69) is 98.8 Å². The van der Waals surface area contributed by atoms with E-state index in [0.717, 1.165) is 0 Å². The molecule has 0 radical (unpaired) electrons. The summed E-state index contributed by atoms with van der Waals surface area (Å²) in [5, 5.41) is 2.75. The highest BCUT2D eigenvalue weighted by atomic mass is 32.1. The highest BCUT2D eigenvalue weighted by molar-refractivity contribution is 7.25. The van der Waals surface area contributed by atoms with Crippen LogP contribution in [-0.2, 0) is 5.41 Å². The molecule has 0 N–H and O–H groups in total. The smallest absolute Gasteiger partial charge is 0.0361 e. The summed E-state index contributed by atoms with van der Waals surface area (Å²) in [7, 11) is 0. The molecule has 1 heterocycles. The molecule has 1 heteroatoms. The zero-order valence-corrected chi connectivity index (χ0v) is 16.8. The third-order valence-corrected chi connectivity index (χ3v) is 7.44. The highest BCUT2D eigenvalue weighted by Gasteiger charge is 2.36. The van der Waals surface area contributed by atoms with Gasteiger partial charge in [0.1, 0.15) is 0 Å². The number of hydrogen-bond acceptors (Lipinski definition) is 1. The van der Waals surface area contributed by atoms with E-state index in [1.807, 2.05) is 11.3 Å². The van der Waals surface area contributed by atoms with Crippen LogP contribution in [0.2, 0.25) is 0 Å². The van der Waals surface area contributed by atoms with Gasteiger partial charge in [-0.2, -0.15) is 0 Å². The average molecular weight is 377 g/mol. The van der Waals surface area contributed by atoms with Crippen molar-refractivity contribution in [2.75, 3.05) is 0 Å². The van der Waals surface area contributed by atoms with Crippen molar-refractivity contribution in [1.82, 2.24) is 0 Å². The predicted octanol–water partition coefficient (Wildman–Crippen LogP) is 8.03. The van der Waals surface area contributed by atoms with Crippen LogP contribution < -0.4 is 0 Å². The molecule has 0 bridgehead atoms. The van der Waals surface area contributed by atoms with Crippen molar-refractivity contribution < 1.29 is 0 Å². The quantitative estimate of drug-likeness (QED) is 0.278. The molecule has 0 unspecified atom stereocenters. The largest absolute Gasteiger partial charge is 0.135 e. The Morgan fingerprint density at radius 1 is 0.571 bits per heavy atom. The standard InChI is InChI=1S/C27H20S/c1-27(2)21-13-5-3-9-19(21)25-17(11-7-14-22(25)27)18-12-8-16-24-26(18)20-10-4-6-15-23(20)28-24/h3-16H,1-2H3. The molecular formula is C27H20S. The van der Waals surface area contributed by atoms with Crippen molar-refractivity contribution in [3.8, 4) is 22.3 Å². The first-order valence-corrected chi connectivity index (χ1v) is 10.6. The fourth-order valence-corrected chi connectivity index (χ4v) is 6.11. The Kier molecular flexibility index (Phi) is 3.19. The van der Waals surface area contributed by atoms with E-state index in [9.17, 15) is 0 Å². The fraction of sp³-hybridized carbons (Fsp3) is 0.111. The van der Waals surface area contributed by atoms with E-state index in [1.165, 1.54) is 53.6 Å². The van der Waals surface area contributed by atoms with Crippen molar-refractivity contribution >= 4 is 31.5 Å². The Hall–Kier alpha value is -2.90. The first kappa shape index (κ1) is 16.1. The molecule has 1 aliphatic carbocycles. The lowest BCUT2D eigenvalue weighted by molar-refractivity contribution is 0.660. The Morgan fingerprint density at radius 2 is 1.21 bits per heavy atom. The summed E-state index contributed by atoms with van der Waals surface area (Å²) in [6.45, 7) is 4.70. The first-order valence-electron chi connectivity index (χ1n) is 9.80. The number of hydrogen-bond donors (Lipinski definition) is 0. The van der Waals surface area contributed by atoms with Gasteiger partial charge in [0.25, 0.3) is 0 Å². The zero-order chi connectivity index (χ0) is 18.9. The number of benzene rings is 4. The van der Waals surface area contributed by atoms with Crippen molar-refractivity contribution in [2.24, 2.45) is 0 Å². The highest BCUT2D eigenvalue weighted by Crippen LogP contribution is 2.53. The van der Waals surface area contributed by atoms with Gasteiger partial charge in [-0.25, -0.2) is 0 Å². The van der Waals surface area contributed by atoms with Crippen LogP contribution >= 0.6 is 11.3 Å². The minimum atomic E-state index is 0.0343. The molecule has 5 aromatic rings. The summed E-state index contributed by atoms with van der Waals surface area (Å²) in [5.41, 5.74) is 8.39. The third kappa shape index (κ3) is 2.00. The Labute approximate surface area is 169 Å². The molecule has 28 heavy (non-hydrogen) atoms. The molecule has 6 rings (SSSR count). The molecule has 0 aliphatic heterocycles. The van der Waals surface area contributed by atoms with Crippen LogP contribution in [0.4, 0.5) is 0 Å². The van der Waals surface area contributed by atoms with Crippen LogP contribution in [0.15, 0.2) is 84.9 Å². The Balaban J connectivity index is 1.76. The van der Waals surface area contributed by atoms with Crippen LogP contribution in [0.25, 0.3) is 42.4 Å². The summed E-state index contributed by atoms with van der Waals surface area (Å²) >= 11 is 1.89. The van der Waals surface area contributed by atoms with Gasteiger partial charge >= 0.3 is 0 Å². The molecule has 4 aromatic carbocycles. The minimum Gasteiger partial charge on any atom is -0.135 e. The summed E-state index contributed by atoms with van der Waals surface area (Å²) in [6.07, 6.45) is 0. The Morgan fingerprint density at radius 3 is 2.14 bits per heavy atom. The lowest BCUT2D eigenvalue weighted by Gasteiger charge is -2.21. The molecular weight excluding hydrogens is 356 g/mol. The van der Waals surface area contributed by atoms with Crippen LogP contribution in [0.5, 0.6) is 0 Å². The van der Waals surface area contributed by atoms with Gasteiger partial charge in [-0.3, -0.25) is 0 Å². The molecule has 0 saturated heterocycles. The topological polar surface area (TPSA) is 0 Å². The molecule has 1 aliphatic rings. The van der Waals surface area contributed by atoms with E-state index in [-0.39, 0.29) is 5.41 Å². The predicted molar refractivity (Wildman–Crippen MR) is 122 cm³/mol. The lowest BCUT2D eigenvalue weighted by Crippen LogP contribution is -2.14. The van der Waals surface area contributed by atoms with Gasteiger partial charge in [-0.05, 0) is 45.5 Å². The lowest BCUT2D eigenvalue weighted by atomic mass is 9.82. The van der Waals surface area contributed by atoms with Gasteiger partial charge in [0, 0.05) is 25.6 Å². The number of fused-ring (bicyclic) bond motifs is 6. The van der Waals surface area contributed by atoms with Crippen LogP contribution in [-0.4, -0.2) is 0 Å². The second-order valence-corrected chi connectivity index (χ2v) is 9.26. The van der Waals surface area contributed by atoms with Crippen molar-refractivity contribution in [3.05, 3.63) is 96.1 Å². The second kappa shape index (κ2) is 5.56. The first-order chi connectivity index (χ1) is 13.7. The van der Waals surface area contributed by atoms with E-state index in [1.54, 1.807) is 0 Å². The number of thiophene rings is 1. The molecule has 0 saturated carbocycles. The summed E-state index contributed by atoms with van der Waals surface area (Å²) in [6, 6.07) is 31.3. The van der Waals surface area contributed by atoms with Crippen molar-refractivity contribution in [1.29, 1.82) is 0 Å². The van der Waals surface area contributed by atoms with Gasteiger partial charge in [0.2, 0.25) is 0 Å². The molecule has 0 nitrogen and oxygen atoms in total. The number of rotatable bonds is 1. The maximum Gasteiger partial charge on any atom is 0.0361 e. The van der Waals surface area contributed by atoms with Crippen LogP contribution in [0, 0.1) is 0 Å². The van der Waals surface area contributed by atoms with E-state index < -0.39 is 0 Å². The maximum absolute atomic E-state index is 2.35. The van der Waals surface area contributed by atoms with Gasteiger partial charge in [-0.1, -0.05) is 86.6 Å². The van der Waals surface area contributed by atoms with Crippen LogP contribution in [0.1, 0.15) is 25.0 Å². The summed E-state index contributed by atoms with van der Waals surface area (Å²) in [5.74, 6) is 0.